The summed E-state index contributed by atoms with van der Waals surface area (Å²) in [5.74, 6) is -0.111. The fraction of sp³-hybridized carbons (Fsp3) is 0.429. The van der Waals surface area contributed by atoms with Crippen LogP contribution in [0.4, 0.5) is 4.39 Å². The zero-order chi connectivity index (χ0) is 11.9. The highest BCUT2D eigenvalue weighted by Gasteiger charge is 2.20. The number of aromatic amines is 1. The van der Waals surface area contributed by atoms with Gasteiger partial charge in [0.05, 0.1) is 0 Å². The molecule has 0 unspecified atom stereocenters. The average Bonchev–Trinajstić information content (AvgIpc) is 2.60. The Morgan fingerprint density at radius 3 is 2.50 bits per heavy atom. The van der Waals surface area contributed by atoms with E-state index in [-0.39, 0.29) is 11.2 Å². The van der Waals surface area contributed by atoms with Gasteiger partial charge in [-0.15, -0.1) is 0 Å². The molecule has 0 aliphatic rings. The van der Waals surface area contributed by atoms with Crippen LogP contribution in [0.2, 0.25) is 0 Å². The fourth-order valence-electron chi connectivity index (χ4n) is 2.07. The molecule has 2 rings (SSSR count). The van der Waals surface area contributed by atoms with Crippen molar-refractivity contribution >= 4 is 10.9 Å². The molecule has 0 saturated heterocycles. The first kappa shape index (κ1) is 11.2. The van der Waals surface area contributed by atoms with E-state index in [1.54, 1.807) is 6.07 Å². The fourth-order valence-corrected chi connectivity index (χ4v) is 2.07. The predicted molar refractivity (Wildman–Crippen MR) is 66.3 cm³/mol. The number of nitrogens with one attached hydrogen (secondary N) is 1. The van der Waals surface area contributed by atoms with E-state index in [2.05, 4.69) is 25.8 Å². The number of aromatic nitrogens is 1. The molecular formula is C14H18FN. The highest BCUT2D eigenvalue weighted by atomic mass is 19.1. The number of hydrogen-bond donors (Lipinski definition) is 1. The van der Waals surface area contributed by atoms with Crippen LogP contribution in [-0.4, -0.2) is 4.98 Å². The summed E-state index contributed by atoms with van der Waals surface area (Å²) in [6, 6.07) is 3.68. The summed E-state index contributed by atoms with van der Waals surface area (Å²) in [6.45, 7) is 8.34. The summed E-state index contributed by atoms with van der Waals surface area (Å²) in [5, 5.41) is 0.740. The number of aryl methyl sites for hydroxylation is 1. The quantitative estimate of drug-likeness (QED) is 0.741. The minimum Gasteiger partial charge on any atom is -0.361 e. The van der Waals surface area contributed by atoms with Crippen LogP contribution in [-0.2, 0) is 11.8 Å². The molecule has 16 heavy (non-hydrogen) atoms. The van der Waals surface area contributed by atoms with Crippen LogP contribution in [0.1, 0.15) is 38.8 Å². The van der Waals surface area contributed by atoms with Gasteiger partial charge in [-0.05, 0) is 35.1 Å². The Bertz CT molecular complexity index is 517. The van der Waals surface area contributed by atoms with Gasteiger partial charge in [0.25, 0.3) is 0 Å². The lowest BCUT2D eigenvalue weighted by Crippen LogP contribution is -2.10. The van der Waals surface area contributed by atoms with Crippen molar-refractivity contribution in [2.75, 3.05) is 0 Å². The molecule has 0 spiro atoms. The molecule has 1 aromatic carbocycles. The third kappa shape index (κ3) is 1.73. The molecule has 0 radical (unpaired) electrons. The molecule has 0 saturated carbocycles. The van der Waals surface area contributed by atoms with Crippen LogP contribution in [0.15, 0.2) is 18.3 Å². The molecule has 1 N–H and O–H groups in total. The summed E-state index contributed by atoms with van der Waals surface area (Å²) in [4.78, 5) is 3.17. The van der Waals surface area contributed by atoms with E-state index < -0.39 is 0 Å². The van der Waals surface area contributed by atoms with Gasteiger partial charge >= 0.3 is 0 Å². The van der Waals surface area contributed by atoms with Crippen molar-refractivity contribution in [1.82, 2.24) is 4.98 Å². The van der Waals surface area contributed by atoms with Crippen LogP contribution in [0, 0.1) is 5.82 Å². The Morgan fingerprint density at radius 2 is 1.94 bits per heavy atom. The lowest BCUT2D eigenvalue weighted by Gasteiger charge is -2.17. The van der Waals surface area contributed by atoms with E-state index in [0.29, 0.717) is 0 Å². The van der Waals surface area contributed by atoms with E-state index in [1.807, 2.05) is 19.2 Å². The maximum Gasteiger partial charge on any atom is 0.133 e. The van der Waals surface area contributed by atoms with Crippen molar-refractivity contribution in [2.45, 2.75) is 39.5 Å². The van der Waals surface area contributed by atoms with Gasteiger partial charge in [0.15, 0.2) is 0 Å². The third-order valence-corrected chi connectivity index (χ3v) is 3.01. The molecule has 2 aromatic rings. The maximum atomic E-state index is 14.0. The predicted octanol–water partition coefficient (Wildman–Crippen LogP) is 4.17. The van der Waals surface area contributed by atoms with Crippen LogP contribution in [0.25, 0.3) is 10.9 Å². The Kier molecular flexibility index (Phi) is 2.53. The van der Waals surface area contributed by atoms with Crippen LogP contribution in [0.5, 0.6) is 0 Å². The Balaban J connectivity index is 2.74. The second-order valence-corrected chi connectivity index (χ2v) is 5.31. The molecule has 1 aromatic heterocycles. The largest absolute Gasteiger partial charge is 0.361 e. The van der Waals surface area contributed by atoms with Crippen LogP contribution >= 0.6 is 0 Å². The maximum absolute atomic E-state index is 14.0. The highest BCUT2D eigenvalue weighted by Crippen LogP contribution is 2.32. The van der Waals surface area contributed by atoms with Crippen LogP contribution in [0.3, 0.4) is 0 Å². The summed E-state index contributed by atoms with van der Waals surface area (Å²) in [7, 11) is 0. The lowest BCUT2D eigenvalue weighted by molar-refractivity contribution is 0.587. The SMILES string of the molecule is CCc1cc(F)c2c(C(C)(C)C)c[nH]c2c1. The van der Waals surface area contributed by atoms with Crippen molar-refractivity contribution in [2.24, 2.45) is 0 Å². The van der Waals surface area contributed by atoms with Gasteiger partial charge in [0, 0.05) is 17.1 Å². The van der Waals surface area contributed by atoms with E-state index >= 15 is 0 Å². The molecule has 0 amide bonds. The normalized spacial score (nSPS) is 12.3. The first-order chi connectivity index (χ1) is 7.43. The van der Waals surface area contributed by atoms with Gasteiger partial charge in [-0.2, -0.15) is 0 Å². The molecule has 0 atom stereocenters. The summed E-state index contributed by atoms with van der Waals surface area (Å²) in [5.41, 5.74) is 2.95. The first-order valence-corrected chi connectivity index (χ1v) is 5.73. The Morgan fingerprint density at radius 1 is 1.25 bits per heavy atom. The molecule has 1 heterocycles. The molecule has 1 nitrogen and oxygen atoms in total. The minimum atomic E-state index is -0.111. The second kappa shape index (κ2) is 3.62. The number of benzene rings is 1. The number of fused-ring (bicyclic) bond motifs is 1. The Hall–Kier alpha value is -1.31. The minimum absolute atomic E-state index is 0.0349. The van der Waals surface area contributed by atoms with Gasteiger partial charge < -0.3 is 4.98 Å². The summed E-state index contributed by atoms with van der Waals surface area (Å²) in [6.07, 6.45) is 2.78. The smallest absolute Gasteiger partial charge is 0.133 e. The van der Waals surface area contributed by atoms with Gasteiger partial charge in [-0.25, -0.2) is 4.39 Å². The number of halogens is 1. The number of hydrogen-bond acceptors (Lipinski definition) is 0. The van der Waals surface area contributed by atoms with Crippen molar-refractivity contribution in [1.29, 1.82) is 0 Å². The van der Waals surface area contributed by atoms with Crippen LogP contribution < -0.4 is 0 Å². The van der Waals surface area contributed by atoms with Gasteiger partial charge in [-0.3, -0.25) is 0 Å². The van der Waals surface area contributed by atoms with Crippen molar-refractivity contribution in [3.05, 3.63) is 35.3 Å². The van der Waals surface area contributed by atoms with Gasteiger partial charge in [-0.1, -0.05) is 27.7 Å². The van der Waals surface area contributed by atoms with Gasteiger partial charge in [0.1, 0.15) is 5.82 Å². The first-order valence-electron chi connectivity index (χ1n) is 5.73. The third-order valence-electron chi connectivity index (χ3n) is 3.01. The van der Waals surface area contributed by atoms with E-state index in [4.69, 9.17) is 0 Å². The zero-order valence-corrected chi connectivity index (χ0v) is 10.3. The Labute approximate surface area is 95.7 Å². The summed E-state index contributed by atoms with van der Waals surface area (Å²) < 4.78 is 14.0. The number of H-pyrrole nitrogens is 1. The van der Waals surface area contributed by atoms with Crippen molar-refractivity contribution in [3.8, 4) is 0 Å². The summed E-state index contributed by atoms with van der Waals surface area (Å²) >= 11 is 0. The van der Waals surface area contributed by atoms with E-state index in [0.717, 1.165) is 28.5 Å². The molecule has 0 fully saturated rings. The topological polar surface area (TPSA) is 15.8 Å². The van der Waals surface area contributed by atoms with Gasteiger partial charge in [0.2, 0.25) is 0 Å². The second-order valence-electron chi connectivity index (χ2n) is 5.31. The van der Waals surface area contributed by atoms with E-state index in [1.165, 1.54) is 0 Å². The molecule has 86 valence electrons. The molecular weight excluding hydrogens is 201 g/mol. The molecule has 0 aliphatic heterocycles. The molecule has 0 bridgehead atoms. The zero-order valence-electron chi connectivity index (χ0n) is 10.3. The number of rotatable bonds is 1. The molecule has 0 aliphatic carbocycles. The highest BCUT2D eigenvalue weighted by molar-refractivity contribution is 5.85. The van der Waals surface area contributed by atoms with Crippen molar-refractivity contribution < 1.29 is 4.39 Å². The monoisotopic (exact) mass is 219 g/mol. The lowest BCUT2D eigenvalue weighted by atomic mass is 9.86. The van der Waals surface area contributed by atoms with Crippen molar-refractivity contribution in [3.63, 3.8) is 0 Å². The average molecular weight is 219 g/mol. The molecule has 2 heteroatoms. The van der Waals surface area contributed by atoms with E-state index in [9.17, 15) is 4.39 Å². The standard InChI is InChI=1S/C14H18FN/c1-5-9-6-11(15)13-10(14(2,3)4)8-16-12(13)7-9/h6-8,16H,5H2,1-4H3.